The van der Waals surface area contributed by atoms with Gasteiger partial charge in [0.2, 0.25) is 0 Å². The van der Waals surface area contributed by atoms with E-state index in [1.54, 1.807) is 0 Å². The van der Waals surface area contributed by atoms with E-state index in [0.717, 1.165) is 27.7 Å². The lowest BCUT2D eigenvalue weighted by atomic mass is 10.1. The molecule has 0 unspecified atom stereocenters. The normalized spacial score (nSPS) is 10.7. The van der Waals surface area contributed by atoms with Crippen LogP contribution in [0, 0.1) is 13.8 Å². The van der Waals surface area contributed by atoms with E-state index in [1.807, 2.05) is 50.2 Å². The predicted molar refractivity (Wildman–Crippen MR) is 91.6 cm³/mol. The molecule has 4 heteroatoms. The maximum absolute atomic E-state index is 11.9. The van der Waals surface area contributed by atoms with E-state index in [2.05, 4.69) is 22.4 Å². The minimum Gasteiger partial charge on any atom is -0.484 e. The van der Waals surface area contributed by atoms with Crippen LogP contribution >= 0.6 is 0 Å². The van der Waals surface area contributed by atoms with Crippen molar-refractivity contribution < 1.29 is 9.53 Å². The number of carbonyl (C=O) groups excluding carboxylic acids is 1. The molecule has 3 rings (SSSR count). The Hall–Kier alpha value is -2.75. The highest BCUT2D eigenvalue weighted by molar-refractivity contribution is 5.81. The number of hydrogen-bond acceptors (Lipinski definition) is 2. The highest BCUT2D eigenvalue weighted by Crippen LogP contribution is 2.17. The van der Waals surface area contributed by atoms with Gasteiger partial charge in [-0.15, -0.1) is 0 Å². The summed E-state index contributed by atoms with van der Waals surface area (Å²) in [6.45, 7) is 4.54. The van der Waals surface area contributed by atoms with Crippen LogP contribution in [0.5, 0.6) is 5.75 Å². The molecule has 1 aromatic heterocycles. The smallest absolute Gasteiger partial charge is 0.258 e. The molecule has 0 radical (unpaired) electrons. The first kappa shape index (κ1) is 15.2. The molecule has 0 atom stereocenters. The number of carbonyl (C=O) groups is 1. The van der Waals surface area contributed by atoms with Gasteiger partial charge in [0, 0.05) is 17.8 Å². The van der Waals surface area contributed by atoms with Crippen molar-refractivity contribution in [3.63, 3.8) is 0 Å². The fraction of sp³-hybridized carbons (Fsp3) is 0.211. The number of aromatic nitrogens is 1. The summed E-state index contributed by atoms with van der Waals surface area (Å²) in [5, 5.41) is 4.04. The molecule has 1 amide bonds. The van der Waals surface area contributed by atoms with E-state index in [0.29, 0.717) is 12.3 Å². The average Bonchev–Trinajstić information content (AvgIpc) is 2.90. The zero-order valence-electron chi connectivity index (χ0n) is 13.3. The Morgan fingerprint density at radius 2 is 2.00 bits per heavy atom. The summed E-state index contributed by atoms with van der Waals surface area (Å²) in [5.74, 6) is 0.584. The zero-order chi connectivity index (χ0) is 16.2. The largest absolute Gasteiger partial charge is 0.484 e. The van der Waals surface area contributed by atoms with Crippen molar-refractivity contribution in [2.24, 2.45) is 0 Å². The minimum atomic E-state index is -0.128. The lowest BCUT2D eigenvalue weighted by molar-refractivity contribution is -0.123. The molecule has 118 valence electrons. The van der Waals surface area contributed by atoms with Gasteiger partial charge in [0.1, 0.15) is 5.75 Å². The van der Waals surface area contributed by atoms with Gasteiger partial charge in [-0.1, -0.05) is 18.2 Å². The van der Waals surface area contributed by atoms with Gasteiger partial charge in [0.05, 0.1) is 0 Å². The molecule has 0 aliphatic heterocycles. The van der Waals surface area contributed by atoms with E-state index in [9.17, 15) is 4.79 Å². The van der Waals surface area contributed by atoms with Crippen LogP contribution in [0.2, 0.25) is 0 Å². The summed E-state index contributed by atoms with van der Waals surface area (Å²) in [4.78, 5) is 15.2. The average molecular weight is 308 g/mol. The fourth-order valence-electron chi connectivity index (χ4n) is 2.54. The SMILES string of the molecule is Cc1cccc(OCC(=O)NCc2ccc3[nH]c(C)cc3c2)c1. The molecule has 0 aliphatic carbocycles. The second-order valence-corrected chi connectivity index (χ2v) is 5.76. The summed E-state index contributed by atoms with van der Waals surface area (Å²) in [7, 11) is 0. The topological polar surface area (TPSA) is 54.1 Å². The third-order valence-corrected chi connectivity index (χ3v) is 3.67. The van der Waals surface area contributed by atoms with Gasteiger partial charge in [0.25, 0.3) is 5.91 Å². The first-order valence-electron chi connectivity index (χ1n) is 7.64. The first-order valence-corrected chi connectivity index (χ1v) is 7.64. The van der Waals surface area contributed by atoms with Crippen molar-refractivity contribution >= 4 is 16.8 Å². The maximum atomic E-state index is 11.9. The third kappa shape index (κ3) is 3.92. The van der Waals surface area contributed by atoms with Gasteiger partial charge in [-0.2, -0.15) is 0 Å². The summed E-state index contributed by atoms with van der Waals surface area (Å²) in [6, 6.07) is 15.9. The molecular weight excluding hydrogens is 288 g/mol. The summed E-state index contributed by atoms with van der Waals surface area (Å²) >= 11 is 0. The zero-order valence-corrected chi connectivity index (χ0v) is 13.3. The van der Waals surface area contributed by atoms with Gasteiger partial charge in [-0.05, 0) is 60.7 Å². The molecule has 0 saturated carbocycles. The summed E-state index contributed by atoms with van der Waals surface area (Å²) in [6.07, 6.45) is 0. The Morgan fingerprint density at radius 1 is 1.13 bits per heavy atom. The van der Waals surface area contributed by atoms with Gasteiger partial charge in [-0.3, -0.25) is 4.79 Å². The number of rotatable bonds is 5. The number of nitrogens with one attached hydrogen (secondary N) is 2. The number of hydrogen-bond donors (Lipinski definition) is 2. The van der Waals surface area contributed by atoms with Crippen LogP contribution < -0.4 is 10.1 Å². The van der Waals surface area contributed by atoms with Gasteiger partial charge < -0.3 is 15.0 Å². The van der Waals surface area contributed by atoms with Crippen LogP contribution in [0.3, 0.4) is 0 Å². The number of benzene rings is 2. The number of amides is 1. The van der Waals surface area contributed by atoms with E-state index in [-0.39, 0.29) is 12.5 Å². The molecule has 3 aromatic rings. The minimum absolute atomic E-state index is 0.0228. The number of ether oxygens (including phenoxy) is 1. The monoisotopic (exact) mass is 308 g/mol. The highest BCUT2D eigenvalue weighted by atomic mass is 16.5. The first-order chi connectivity index (χ1) is 11.1. The van der Waals surface area contributed by atoms with Crippen molar-refractivity contribution in [2.75, 3.05) is 6.61 Å². The van der Waals surface area contributed by atoms with Crippen LogP contribution in [0.15, 0.2) is 48.5 Å². The number of aryl methyl sites for hydroxylation is 2. The van der Waals surface area contributed by atoms with Crippen molar-refractivity contribution in [3.05, 3.63) is 65.4 Å². The Balaban J connectivity index is 1.53. The molecule has 0 saturated heterocycles. The highest BCUT2D eigenvalue weighted by Gasteiger charge is 2.04. The molecule has 1 heterocycles. The molecule has 23 heavy (non-hydrogen) atoms. The number of H-pyrrole nitrogens is 1. The molecule has 2 aromatic carbocycles. The second kappa shape index (κ2) is 6.57. The van der Waals surface area contributed by atoms with Crippen LogP contribution in [-0.2, 0) is 11.3 Å². The van der Waals surface area contributed by atoms with Gasteiger partial charge in [-0.25, -0.2) is 0 Å². The Bertz CT molecular complexity index is 836. The Kier molecular flexibility index (Phi) is 4.33. The summed E-state index contributed by atoms with van der Waals surface area (Å²) < 4.78 is 5.49. The van der Waals surface area contributed by atoms with E-state index < -0.39 is 0 Å². The van der Waals surface area contributed by atoms with E-state index in [1.165, 1.54) is 0 Å². The number of aromatic amines is 1. The molecule has 0 spiro atoms. The fourth-order valence-corrected chi connectivity index (χ4v) is 2.54. The predicted octanol–water partition coefficient (Wildman–Crippen LogP) is 3.48. The standard InChI is InChI=1S/C19H20N2O2/c1-13-4-3-5-17(8-13)23-12-19(22)20-11-15-6-7-18-16(10-15)9-14(2)21-18/h3-10,21H,11-12H2,1-2H3,(H,20,22). The van der Waals surface area contributed by atoms with Crippen molar-refractivity contribution in [3.8, 4) is 5.75 Å². The Labute approximate surface area is 135 Å². The second-order valence-electron chi connectivity index (χ2n) is 5.76. The lowest BCUT2D eigenvalue weighted by Crippen LogP contribution is -2.28. The molecule has 0 bridgehead atoms. The molecule has 0 aliphatic rings. The van der Waals surface area contributed by atoms with Gasteiger partial charge >= 0.3 is 0 Å². The van der Waals surface area contributed by atoms with Crippen molar-refractivity contribution in [1.82, 2.24) is 10.3 Å². The van der Waals surface area contributed by atoms with Crippen molar-refractivity contribution in [2.45, 2.75) is 20.4 Å². The molecule has 0 fully saturated rings. The van der Waals surface area contributed by atoms with Crippen LogP contribution in [0.1, 0.15) is 16.8 Å². The summed E-state index contributed by atoms with van der Waals surface area (Å²) in [5.41, 5.74) is 4.42. The Morgan fingerprint density at radius 3 is 2.83 bits per heavy atom. The van der Waals surface area contributed by atoms with Crippen LogP contribution in [0.25, 0.3) is 10.9 Å². The third-order valence-electron chi connectivity index (χ3n) is 3.67. The quantitative estimate of drug-likeness (QED) is 0.758. The number of fused-ring (bicyclic) bond motifs is 1. The van der Waals surface area contributed by atoms with Crippen LogP contribution in [-0.4, -0.2) is 17.5 Å². The molecule has 4 nitrogen and oxygen atoms in total. The van der Waals surface area contributed by atoms with Crippen molar-refractivity contribution in [1.29, 1.82) is 0 Å². The van der Waals surface area contributed by atoms with Crippen LogP contribution in [0.4, 0.5) is 0 Å². The van der Waals surface area contributed by atoms with E-state index in [4.69, 9.17) is 4.74 Å². The maximum Gasteiger partial charge on any atom is 0.258 e. The molecular formula is C19H20N2O2. The van der Waals surface area contributed by atoms with E-state index >= 15 is 0 Å². The molecule has 2 N–H and O–H groups in total. The lowest BCUT2D eigenvalue weighted by Gasteiger charge is -2.08. The van der Waals surface area contributed by atoms with Gasteiger partial charge in [0.15, 0.2) is 6.61 Å².